The Morgan fingerprint density at radius 1 is 1.19 bits per heavy atom. The van der Waals surface area contributed by atoms with Gasteiger partial charge >= 0.3 is 0 Å². The standard InChI is InChI=1S/C13H14N2O/c1-10-5-4-6-11(15-10)9-13(16)12-7-2-3-8-14-12/h2-8,13,16H,9H2,1H3. The van der Waals surface area contributed by atoms with E-state index in [4.69, 9.17) is 0 Å². The third-order valence-corrected chi connectivity index (χ3v) is 2.38. The van der Waals surface area contributed by atoms with Crippen molar-refractivity contribution in [2.24, 2.45) is 0 Å². The van der Waals surface area contributed by atoms with Gasteiger partial charge in [-0.2, -0.15) is 0 Å². The molecule has 3 nitrogen and oxygen atoms in total. The summed E-state index contributed by atoms with van der Waals surface area (Å²) in [6.07, 6.45) is 1.59. The first kappa shape index (κ1) is 10.8. The van der Waals surface area contributed by atoms with Crippen LogP contribution in [0.4, 0.5) is 0 Å². The van der Waals surface area contributed by atoms with Crippen LogP contribution in [0.1, 0.15) is 23.2 Å². The van der Waals surface area contributed by atoms with Gasteiger partial charge in [-0.25, -0.2) is 0 Å². The number of rotatable bonds is 3. The van der Waals surface area contributed by atoms with Crippen molar-refractivity contribution in [2.45, 2.75) is 19.4 Å². The first-order valence-corrected chi connectivity index (χ1v) is 5.27. The molecule has 0 fully saturated rings. The molecule has 82 valence electrons. The normalized spacial score (nSPS) is 12.4. The Kier molecular flexibility index (Phi) is 3.27. The van der Waals surface area contributed by atoms with E-state index in [2.05, 4.69) is 9.97 Å². The Bertz CT molecular complexity index is 456. The van der Waals surface area contributed by atoms with Crippen LogP contribution in [0.5, 0.6) is 0 Å². The molecule has 3 heteroatoms. The van der Waals surface area contributed by atoms with E-state index >= 15 is 0 Å². The summed E-state index contributed by atoms with van der Waals surface area (Å²) in [5, 5.41) is 9.96. The highest BCUT2D eigenvalue weighted by Gasteiger charge is 2.09. The number of pyridine rings is 2. The van der Waals surface area contributed by atoms with Gasteiger partial charge in [0.15, 0.2) is 0 Å². The zero-order valence-electron chi connectivity index (χ0n) is 9.17. The summed E-state index contributed by atoms with van der Waals surface area (Å²) in [5.74, 6) is 0. The number of aryl methyl sites for hydroxylation is 1. The molecule has 0 amide bonds. The third kappa shape index (κ3) is 2.64. The van der Waals surface area contributed by atoms with Crippen molar-refractivity contribution in [2.75, 3.05) is 0 Å². The van der Waals surface area contributed by atoms with Crippen LogP contribution >= 0.6 is 0 Å². The van der Waals surface area contributed by atoms with Crippen molar-refractivity contribution in [3.05, 3.63) is 59.7 Å². The maximum Gasteiger partial charge on any atom is 0.101 e. The molecule has 16 heavy (non-hydrogen) atoms. The lowest BCUT2D eigenvalue weighted by atomic mass is 10.1. The van der Waals surface area contributed by atoms with E-state index in [1.165, 1.54) is 0 Å². The summed E-state index contributed by atoms with van der Waals surface area (Å²) in [6, 6.07) is 11.3. The fraction of sp³-hybridized carbons (Fsp3) is 0.231. The monoisotopic (exact) mass is 214 g/mol. The molecule has 0 aliphatic carbocycles. The summed E-state index contributed by atoms with van der Waals surface area (Å²) in [7, 11) is 0. The van der Waals surface area contributed by atoms with Gasteiger partial charge in [-0.05, 0) is 31.2 Å². The molecule has 0 spiro atoms. The van der Waals surface area contributed by atoms with Gasteiger partial charge in [0.1, 0.15) is 6.10 Å². The van der Waals surface area contributed by atoms with Crippen LogP contribution in [-0.2, 0) is 6.42 Å². The molecule has 2 aromatic heterocycles. The Morgan fingerprint density at radius 3 is 2.75 bits per heavy atom. The number of nitrogens with zero attached hydrogens (tertiary/aromatic N) is 2. The molecule has 2 heterocycles. The molecule has 0 aliphatic heterocycles. The zero-order chi connectivity index (χ0) is 11.4. The summed E-state index contributed by atoms with van der Waals surface area (Å²) < 4.78 is 0. The molecule has 0 radical (unpaired) electrons. The molecule has 1 N–H and O–H groups in total. The topological polar surface area (TPSA) is 46.0 Å². The Balaban J connectivity index is 2.11. The molecule has 1 unspecified atom stereocenters. The molecule has 0 aromatic carbocycles. The summed E-state index contributed by atoms with van der Waals surface area (Å²) in [6.45, 7) is 1.94. The quantitative estimate of drug-likeness (QED) is 0.850. The van der Waals surface area contributed by atoms with Gasteiger partial charge in [-0.15, -0.1) is 0 Å². The van der Waals surface area contributed by atoms with Crippen molar-refractivity contribution >= 4 is 0 Å². The van der Waals surface area contributed by atoms with E-state index < -0.39 is 6.10 Å². The van der Waals surface area contributed by atoms with Gasteiger partial charge in [0.05, 0.1) is 5.69 Å². The van der Waals surface area contributed by atoms with Crippen LogP contribution in [0.2, 0.25) is 0 Å². The number of hydrogen-bond donors (Lipinski definition) is 1. The lowest BCUT2D eigenvalue weighted by Gasteiger charge is -2.09. The second-order valence-corrected chi connectivity index (χ2v) is 3.74. The van der Waals surface area contributed by atoms with E-state index in [1.54, 1.807) is 6.20 Å². The first-order chi connectivity index (χ1) is 7.75. The van der Waals surface area contributed by atoms with Crippen molar-refractivity contribution in [1.82, 2.24) is 9.97 Å². The maximum absolute atomic E-state index is 9.96. The second-order valence-electron chi connectivity index (χ2n) is 3.74. The Labute approximate surface area is 94.8 Å². The summed E-state index contributed by atoms with van der Waals surface area (Å²) >= 11 is 0. The SMILES string of the molecule is Cc1cccc(CC(O)c2ccccn2)n1. The van der Waals surface area contributed by atoms with Crippen LogP contribution in [0.3, 0.4) is 0 Å². The van der Waals surface area contributed by atoms with E-state index in [0.717, 1.165) is 11.4 Å². The largest absolute Gasteiger partial charge is 0.386 e. The summed E-state index contributed by atoms with van der Waals surface area (Å²) in [4.78, 5) is 8.47. The van der Waals surface area contributed by atoms with Crippen molar-refractivity contribution < 1.29 is 5.11 Å². The second kappa shape index (κ2) is 4.86. The lowest BCUT2D eigenvalue weighted by Crippen LogP contribution is -2.05. The van der Waals surface area contributed by atoms with E-state index in [0.29, 0.717) is 12.1 Å². The Hall–Kier alpha value is -1.74. The highest BCUT2D eigenvalue weighted by molar-refractivity contribution is 5.14. The average Bonchev–Trinajstić information content (AvgIpc) is 2.30. The third-order valence-electron chi connectivity index (χ3n) is 2.38. The first-order valence-electron chi connectivity index (χ1n) is 5.27. The van der Waals surface area contributed by atoms with Gasteiger partial charge in [-0.1, -0.05) is 12.1 Å². The minimum atomic E-state index is -0.588. The number of aliphatic hydroxyl groups excluding tert-OH is 1. The van der Waals surface area contributed by atoms with Gasteiger partial charge in [0.25, 0.3) is 0 Å². The minimum Gasteiger partial charge on any atom is -0.386 e. The molecule has 0 saturated carbocycles. The molecule has 1 atom stereocenters. The molecule has 0 bridgehead atoms. The van der Waals surface area contributed by atoms with Crippen LogP contribution in [0.25, 0.3) is 0 Å². The van der Waals surface area contributed by atoms with Gasteiger partial charge in [0.2, 0.25) is 0 Å². The number of hydrogen-bond acceptors (Lipinski definition) is 3. The lowest BCUT2D eigenvalue weighted by molar-refractivity contribution is 0.172. The van der Waals surface area contributed by atoms with E-state index in [-0.39, 0.29) is 0 Å². The van der Waals surface area contributed by atoms with Crippen molar-refractivity contribution in [3.8, 4) is 0 Å². The predicted octanol–water partition coefficient (Wildman–Crippen LogP) is 2.06. The molecule has 0 saturated heterocycles. The zero-order valence-corrected chi connectivity index (χ0v) is 9.17. The molecule has 2 aromatic rings. The van der Waals surface area contributed by atoms with Crippen LogP contribution < -0.4 is 0 Å². The minimum absolute atomic E-state index is 0.499. The van der Waals surface area contributed by atoms with Crippen LogP contribution in [0, 0.1) is 6.92 Å². The number of aromatic nitrogens is 2. The van der Waals surface area contributed by atoms with E-state index in [1.807, 2.05) is 43.3 Å². The fourth-order valence-electron chi connectivity index (χ4n) is 1.59. The molecule has 2 rings (SSSR count). The fourth-order valence-corrected chi connectivity index (χ4v) is 1.59. The molecular formula is C13H14N2O. The van der Waals surface area contributed by atoms with Crippen molar-refractivity contribution in [3.63, 3.8) is 0 Å². The highest BCUT2D eigenvalue weighted by atomic mass is 16.3. The predicted molar refractivity (Wildman–Crippen MR) is 61.9 cm³/mol. The smallest absolute Gasteiger partial charge is 0.101 e. The summed E-state index contributed by atoms with van der Waals surface area (Å²) in [5.41, 5.74) is 2.54. The van der Waals surface area contributed by atoms with E-state index in [9.17, 15) is 5.11 Å². The maximum atomic E-state index is 9.96. The highest BCUT2D eigenvalue weighted by Crippen LogP contribution is 2.14. The van der Waals surface area contributed by atoms with Crippen molar-refractivity contribution in [1.29, 1.82) is 0 Å². The Morgan fingerprint density at radius 2 is 2.06 bits per heavy atom. The van der Waals surface area contributed by atoms with Crippen LogP contribution in [-0.4, -0.2) is 15.1 Å². The molecule has 0 aliphatic rings. The van der Waals surface area contributed by atoms with Crippen LogP contribution in [0.15, 0.2) is 42.6 Å². The average molecular weight is 214 g/mol. The van der Waals surface area contributed by atoms with Gasteiger partial charge < -0.3 is 5.11 Å². The van der Waals surface area contributed by atoms with Gasteiger partial charge in [0, 0.05) is 24.0 Å². The van der Waals surface area contributed by atoms with Gasteiger partial charge in [-0.3, -0.25) is 9.97 Å². The molecular weight excluding hydrogens is 200 g/mol. The number of aliphatic hydroxyl groups is 1.